The Morgan fingerprint density at radius 3 is 2.02 bits per heavy atom. The highest BCUT2D eigenvalue weighted by molar-refractivity contribution is 7.92. The van der Waals surface area contributed by atoms with Crippen LogP contribution < -0.4 is 4.90 Å². The molecule has 0 radical (unpaired) electrons. The first kappa shape index (κ1) is 29.5. The maximum absolute atomic E-state index is 13.7. The first-order valence-electron chi connectivity index (χ1n) is 13.9. The molecule has 1 saturated heterocycles. The summed E-state index contributed by atoms with van der Waals surface area (Å²) >= 11 is 0. The third kappa shape index (κ3) is 7.09. The van der Waals surface area contributed by atoms with Crippen LogP contribution in [-0.4, -0.2) is 44.7 Å². The number of likely N-dealkylation sites (tertiary alicyclic amines) is 1. The molecule has 3 aromatic carbocycles. The van der Waals surface area contributed by atoms with E-state index < -0.39 is 26.8 Å². The highest BCUT2D eigenvalue weighted by Crippen LogP contribution is 2.44. The SMILES string of the molecule is O=S(=O)(c1cccc(C(F)(F)F)c1)C(C1CC1)C1CCCN(CCCN(c2ccc(F)cc2)c2ccc(F)cc2)C1. The summed E-state index contributed by atoms with van der Waals surface area (Å²) < 4.78 is 94.5. The van der Waals surface area contributed by atoms with Crippen LogP contribution in [0, 0.1) is 23.5 Å². The molecule has 0 aromatic heterocycles. The predicted molar refractivity (Wildman–Crippen MR) is 149 cm³/mol. The summed E-state index contributed by atoms with van der Waals surface area (Å²) in [6, 6.07) is 16.3. The maximum Gasteiger partial charge on any atom is 0.416 e. The molecule has 0 N–H and O–H groups in total. The van der Waals surface area contributed by atoms with Gasteiger partial charge in [-0.25, -0.2) is 17.2 Å². The lowest BCUT2D eigenvalue weighted by Crippen LogP contribution is -2.44. The molecule has 220 valence electrons. The second kappa shape index (κ2) is 12.1. The van der Waals surface area contributed by atoms with Gasteiger partial charge in [0.1, 0.15) is 11.6 Å². The molecule has 10 heteroatoms. The molecule has 1 aliphatic heterocycles. The molecule has 1 heterocycles. The number of alkyl halides is 3. The molecule has 1 aliphatic carbocycles. The van der Waals surface area contributed by atoms with Gasteiger partial charge in [-0.05, 0) is 124 Å². The zero-order chi connectivity index (χ0) is 29.2. The van der Waals surface area contributed by atoms with Gasteiger partial charge in [-0.3, -0.25) is 0 Å². The minimum absolute atomic E-state index is 0.0352. The zero-order valence-corrected chi connectivity index (χ0v) is 23.3. The quantitative estimate of drug-likeness (QED) is 0.229. The number of benzene rings is 3. The van der Waals surface area contributed by atoms with E-state index in [9.17, 15) is 30.4 Å². The molecule has 41 heavy (non-hydrogen) atoms. The summed E-state index contributed by atoms with van der Waals surface area (Å²) in [4.78, 5) is 3.97. The number of sulfone groups is 1. The molecule has 4 nitrogen and oxygen atoms in total. The van der Waals surface area contributed by atoms with E-state index in [4.69, 9.17) is 0 Å². The minimum Gasteiger partial charge on any atom is -0.341 e. The number of piperidine rings is 1. The lowest BCUT2D eigenvalue weighted by atomic mass is 9.92. The largest absolute Gasteiger partial charge is 0.416 e. The summed E-state index contributed by atoms with van der Waals surface area (Å²) in [7, 11) is -3.95. The molecule has 0 spiro atoms. The van der Waals surface area contributed by atoms with Crippen molar-refractivity contribution in [1.82, 2.24) is 4.90 Å². The van der Waals surface area contributed by atoms with Crippen molar-refractivity contribution in [3.05, 3.63) is 90.0 Å². The Kier molecular flexibility index (Phi) is 8.70. The van der Waals surface area contributed by atoms with Crippen molar-refractivity contribution in [3.63, 3.8) is 0 Å². The lowest BCUT2D eigenvalue weighted by Gasteiger charge is -2.37. The van der Waals surface area contributed by atoms with Gasteiger partial charge >= 0.3 is 6.18 Å². The number of hydrogen-bond donors (Lipinski definition) is 0. The second-order valence-corrected chi connectivity index (χ2v) is 13.1. The Morgan fingerprint density at radius 1 is 0.854 bits per heavy atom. The first-order valence-corrected chi connectivity index (χ1v) is 15.5. The fraction of sp³-hybridized carbons (Fsp3) is 0.419. The van der Waals surface area contributed by atoms with Gasteiger partial charge in [-0.2, -0.15) is 13.2 Å². The molecule has 2 atom stereocenters. The number of nitrogens with zero attached hydrogens (tertiary/aromatic N) is 2. The smallest absolute Gasteiger partial charge is 0.341 e. The van der Waals surface area contributed by atoms with Gasteiger partial charge in [0, 0.05) is 24.5 Å². The molecule has 1 saturated carbocycles. The molecular weight excluding hydrogens is 559 g/mol. The van der Waals surface area contributed by atoms with Gasteiger partial charge in [0.2, 0.25) is 0 Å². The maximum atomic E-state index is 13.7. The van der Waals surface area contributed by atoms with Gasteiger partial charge in [0.15, 0.2) is 9.84 Å². The van der Waals surface area contributed by atoms with E-state index in [1.165, 1.54) is 36.4 Å². The summed E-state index contributed by atoms with van der Waals surface area (Å²) in [6.07, 6.45) is -0.833. The fourth-order valence-corrected chi connectivity index (χ4v) is 8.37. The fourth-order valence-electron chi connectivity index (χ4n) is 5.99. The van der Waals surface area contributed by atoms with Crippen LogP contribution in [0.5, 0.6) is 0 Å². The molecule has 0 amide bonds. The van der Waals surface area contributed by atoms with E-state index in [-0.39, 0.29) is 28.4 Å². The van der Waals surface area contributed by atoms with Gasteiger partial charge in [-0.15, -0.1) is 0 Å². The third-order valence-electron chi connectivity index (χ3n) is 8.07. The van der Waals surface area contributed by atoms with E-state index >= 15 is 0 Å². The zero-order valence-electron chi connectivity index (χ0n) is 22.5. The van der Waals surface area contributed by atoms with Crippen LogP contribution in [0.25, 0.3) is 0 Å². The summed E-state index contributed by atoms with van der Waals surface area (Å²) in [6.45, 7) is 2.64. The summed E-state index contributed by atoms with van der Waals surface area (Å²) in [5.41, 5.74) is 0.594. The second-order valence-electron chi connectivity index (χ2n) is 11.0. The van der Waals surface area contributed by atoms with Crippen molar-refractivity contribution < 1.29 is 30.4 Å². The molecule has 5 rings (SSSR count). The average Bonchev–Trinajstić information content (AvgIpc) is 3.77. The number of halogens is 5. The van der Waals surface area contributed by atoms with Crippen molar-refractivity contribution in [2.75, 3.05) is 31.1 Å². The topological polar surface area (TPSA) is 40.6 Å². The van der Waals surface area contributed by atoms with Crippen molar-refractivity contribution >= 4 is 21.2 Å². The molecule has 2 aliphatic rings. The molecule has 2 fully saturated rings. The van der Waals surface area contributed by atoms with Gasteiger partial charge in [0.25, 0.3) is 0 Å². The summed E-state index contributed by atoms with van der Waals surface area (Å²) in [5, 5.41) is -0.705. The van der Waals surface area contributed by atoms with Crippen molar-refractivity contribution in [2.24, 2.45) is 11.8 Å². The van der Waals surface area contributed by atoms with Crippen molar-refractivity contribution in [1.29, 1.82) is 0 Å². The monoisotopic (exact) mass is 592 g/mol. The van der Waals surface area contributed by atoms with Crippen LogP contribution in [0.3, 0.4) is 0 Å². The van der Waals surface area contributed by atoms with Gasteiger partial charge in [0.05, 0.1) is 15.7 Å². The van der Waals surface area contributed by atoms with Crippen LogP contribution >= 0.6 is 0 Å². The molecule has 0 bridgehead atoms. The van der Waals surface area contributed by atoms with Gasteiger partial charge < -0.3 is 9.80 Å². The first-order chi connectivity index (χ1) is 19.5. The van der Waals surface area contributed by atoms with E-state index in [0.29, 0.717) is 26.1 Å². The molecule has 2 unspecified atom stereocenters. The Morgan fingerprint density at radius 2 is 1.46 bits per heavy atom. The lowest BCUT2D eigenvalue weighted by molar-refractivity contribution is -0.137. The summed E-state index contributed by atoms with van der Waals surface area (Å²) in [5.74, 6) is -0.900. The molecule has 3 aromatic rings. The van der Waals surface area contributed by atoms with Crippen LogP contribution in [0.2, 0.25) is 0 Å². The van der Waals surface area contributed by atoms with E-state index in [1.807, 2.05) is 4.90 Å². The third-order valence-corrected chi connectivity index (χ3v) is 10.5. The minimum atomic E-state index is -4.61. The molecular formula is C31H33F5N2O2S. The van der Waals surface area contributed by atoms with Crippen LogP contribution in [-0.2, 0) is 16.0 Å². The average molecular weight is 593 g/mol. The van der Waals surface area contributed by atoms with Crippen LogP contribution in [0.4, 0.5) is 33.3 Å². The van der Waals surface area contributed by atoms with Crippen molar-refractivity contribution in [3.8, 4) is 0 Å². The number of hydrogen-bond acceptors (Lipinski definition) is 4. The van der Waals surface area contributed by atoms with E-state index in [2.05, 4.69) is 4.90 Å². The Balaban J connectivity index is 1.28. The van der Waals surface area contributed by atoms with E-state index in [1.54, 1.807) is 24.3 Å². The number of anilines is 2. The van der Waals surface area contributed by atoms with Crippen LogP contribution in [0.1, 0.15) is 37.7 Å². The predicted octanol–water partition coefficient (Wildman–Crippen LogP) is 7.48. The highest BCUT2D eigenvalue weighted by atomic mass is 32.2. The van der Waals surface area contributed by atoms with Crippen LogP contribution in [0.15, 0.2) is 77.7 Å². The standard InChI is InChI=1S/C31H33F5N2O2S/c32-25-9-13-27(14-10-25)38(28-15-11-26(33)12-16-28)19-3-18-37-17-2-4-23(21-37)30(22-7-8-22)41(39,40)29-6-1-5-24(20-29)31(34,35)36/h1,5-6,9-16,20,22-23,30H,2-4,7-8,17-19,21H2. The normalized spacial score (nSPS) is 19.2. The van der Waals surface area contributed by atoms with E-state index in [0.717, 1.165) is 55.7 Å². The van der Waals surface area contributed by atoms with Gasteiger partial charge in [-0.1, -0.05) is 6.07 Å². The Hall–Kier alpha value is -2.98. The van der Waals surface area contributed by atoms with Crippen molar-refractivity contribution in [2.45, 2.75) is 48.4 Å². The Bertz CT molecular complexity index is 1380. The highest BCUT2D eigenvalue weighted by Gasteiger charge is 2.46. The Labute approximate surface area is 237 Å². The number of rotatable bonds is 10.